The van der Waals surface area contributed by atoms with E-state index in [1.165, 1.54) is 24.3 Å². The highest BCUT2D eigenvalue weighted by Gasteiger charge is 2.20. The Morgan fingerprint density at radius 3 is 2.57 bits per heavy atom. The van der Waals surface area contributed by atoms with Gasteiger partial charge >= 0.3 is 0 Å². The van der Waals surface area contributed by atoms with Crippen LogP contribution < -0.4 is 5.32 Å². The van der Waals surface area contributed by atoms with Crippen LogP contribution in [0.1, 0.15) is 33.6 Å². The molecule has 0 aromatic heterocycles. The summed E-state index contributed by atoms with van der Waals surface area (Å²) in [5.41, 5.74) is -0.0145. The lowest BCUT2D eigenvalue weighted by molar-refractivity contribution is -0.0107. The van der Waals surface area contributed by atoms with Gasteiger partial charge in [0.2, 0.25) is 0 Å². The molecule has 3 heteroatoms. The van der Waals surface area contributed by atoms with E-state index in [0.717, 1.165) is 19.2 Å². The maximum Gasteiger partial charge on any atom is 0.0750 e. The molecule has 0 unspecified atom stereocenters. The summed E-state index contributed by atoms with van der Waals surface area (Å²) in [4.78, 5) is 0. The van der Waals surface area contributed by atoms with Crippen molar-refractivity contribution in [3.8, 4) is 0 Å². The molecule has 0 aromatic rings. The third kappa shape index (κ3) is 4.67. The van der Waals surface area contributed by atoms with Gasteiger partial charge in [0.05, 0.1) is 5.60 Å². The minimum Gasteiger partial charge on any atom is -0.375 e. The van der Waals surface area contributed by atoms with Gasteiger partial charge in [-0.15, -0.1) is 0 Å². The van der Waals surface area contributed by atoms with Crippen molar-refractivity contribution < 1.29 is 4.74 Å². The van der Waals surface area contributed by atoms with Crippen molar-refractivity contribution in [1.82, 2.24) is 5.32 Å². The molecule has 1 heterocycles. The number of hydrogen-bond acceptors (Lipinski definition) is 3. The van der Waals surface area contributed by atoms with Gasteiger partial charge in [0, 0.05) is 19.2 Å². The van der Waals surface area contributed by atoms with Gasteiger partial charge in [-0.3, -0.25) is 0 Å². The van der Waals surface area contributed by atoms with Crippen molar-refractivity contribution in [2.24, 2.45) is 0 Å². The molecule has 1 saturated heterocycles. The molecule has 0 aromatic carbocycles. The average Bonchev–Trinajstić information content (AvgIpc) is 2.17. The summed E-state index contributed by atoms with van der Waals surface area (Å²) in [5, 5.41) is 3.61. The first-order valence-corrected chi connectivity index (χ1v) is 6.74. The second-order valence-corrected chi connectivity index (χ2v) is 5.68. The highest BCUT2D eigenvalue weighted by atomic mass is 32.2. The predicted octanol–water partition coefficient (Wildman–Crippen LogP) is 2.29. The minimum atomic E-state index is -0.0145. The molecule has 2 nitrogen and oxygen atoms in total. The third-order valence-electron chi connectivity index (χ3n) is 2.57. The Morgan fingerprint density at radius 2 is 2.00 bits per heavy atom. The Bertz CT molecular complexity index is 155. The van der Waals surface area contributed by atoms with Gasteiger partial charge in [-0.2, -0.15) is 11.8 Å². The highest BCUT2D eigenvalue weighted by Crippen LogP contribution is 2.17. The van der Waals surface area contributed by atoms with Gasteiger partial charge in [-0.25, -0.2) is 0 Å². The van der Waals surface area contributed by atoms with Gasteiger partial charge in [0.1, 0.15) is 0 Å². The first kappa shape index (κ1) is 12.3. The Balaban J connectivity index is 2.17. The van der Waals surface area contributed by atoms with Crippen molar-refractivity contribution in [1.29, 1.82) is 0 Å². The van der Waals surface area contributed by atoms with Gasteiger partial charge in [-0.1, -0.05) is 0 Å². The standard InChI is InChI=1S/C11H23NOS/c1-4-13-11(2,3)9-12-10-5-7-14-8-6-10/h10,12H,4-9H2,1-3H3. The molecule has 1 rings (SSSR count). The minimum absolute atomic E-state index is 0.0145. The molecule has 0 saturated carbocycles. The van der Waals surface area contributed by atoms with E-state index in [0.29, 0.717) is 0 Å². The van der Waals surface area contributed by atoms with E-state index in [9.17, 15) is 0 Å². The number of nitrogens with one attached hydrogen (secondary N) is 1. The largest absolute Gasteiger partial charge is 0.375 e. The molecule has 1 N–H and O–H groups in total. The van der Waals surface area contributed by atoms with Crippen molar-refractivity contribution >= 4 is 11.8 Å². The SMILES string of the molecule is CCOC(C)(C)CNC1CCSCC1. The summed E-state index contributed by atoms with van der Waals surface area (Å²) in [7, 11) is 0. The van der Waals surface area contributed by atoms with E-state index in [1.807, 2.05) is 0 Å². The fraction of sp³-hybridized carbons (Fsp3) is 1.00. The first-order chi connectivity index (χ1) is 6.64. The lowest BCUT2D eigenvalue weighted by Gasteiger charge is -2.29. The topological polar surface area (TPSA) is 21.3 Å². The second-order valence-electron chi connectivity index (χ2n) is 4.46. The highest BCUT2D eigenvalue weighted by molar-refractivity contribution is 7.99. The van der Waals surface area contributed by atoms with Crippen molar-refractivity contribution in [2.45, 2.75) is 45.3 Å². The maximum absolute atomic E-state index is 5.65. The van der Waals surface area contributed by atoms with Crippen molar-refractivity contribution in [3.63, 3.8) is 0 Å². The Labute approximate surface area is 92.2 Å². The average molecular weight is 217 g/mol. The maximum atomic E-state index is 5.65. The summed E-state index contributed by atoms with van der Waals surface area (Å²) in [6.45, 7) is 8.13. The second kappa shape index (κ2) is 5.99. The molecule has 0 atom stereocenters. The zero-order valence-corrected chi connectivity index (χ0v) is 10.5. The van der Waals surface area contributed by atoms with Crippen LogP contribution in [0.15, 0.2) is 0 Å². The van der Waals surface area contributed by atoms with Crippen LogP contribution in [0.4, 0.5) is 0 Å². The molecule has 0 amide bonds. The first-order valence-electron chi connectivity index (χ1n) is 5.59. The van der Waals surface area contributed by atoms with Crippen LogP contribution in [0, 0.1) is 0 Å². The molecule has 14 heavy (non-hydrogen) atoms. The number of hydrogen-bond donors (Lipinski definition) is 1. The molecule has 0 radical (unpaired) electrons. The van der Waals surface area contributed by atoms with Gasteiger partial charge in [0.15, 0.2) is 0 Å². The zero-order valence-electron chi connectivity index (χ0n) is 9.64. The van der Waals surface area contributed by atoms with Crippen LogP contribution in [-0.2, 0) is 4.74 Å². The number of rotatable bonds is 5. The van der Waals surface area contributed by atoms with E-state index in [2.05, 4.69) is 37.8 Å². The van der Waals surface area contributed by atoms with Crippen LogP contribution in [-0.4, -0.2) is 36.3 Å². The van der Waals surface area contributed by atoms with Crippen LogP contribution >= 0.6 is 11.8 Å². The van der Waals surface area contributed by atoms with Crippen LogP contribution in [0.5, 0.6) is 0 Å². The monoisotopic (exact) mass is 217 g/mol. The summed E-state index contributed by atoms with van der Waals surface area (Å²) in [6.07, 6.45) is 2.62. The Hall–Kier alpha value is 0.270. The van der Waals surface area contributed by atoms with Gasteiger partial charge in [0.25, 0.3) is 0 Å². The lowest BCUT2D eigenvalue weighted by Crippen LogP contribution is -2.43. The Kier molecular flexibility index (Phi) is 5.28. The molecule has 1 aliphatic rings. The fourth-order valence-corrected chi connectivity index (χ4v) is 2.84. The molecule has 1 fully saturated rings. The zero-order chi connectivity index (χ0) is 10.4. The fourth-order valence-electron chi connectivity index (χ4n) is 1.73. The van der Waals surface area contributed by atoms with E-state index >= 15 is 0 Å². The van der Waals surface area contributed by atoms with Crippen molar-refractivity contribution in [2.75, 3.05) is 24.7 Å². The van der Waals surface area contributed by atoms with E-state index in [4.69, 9.17) is 4.74 Å². The number of thioether (sulfide) groups is 1. The summed E-state index contributed by atoms with van der Waals surface area (Å²) in [6, 6.07) is 0.719. The van der Waals surface area contributed by atoms with E-state index < -0.39 is 0 Å². The van der Waals surface area contributed by atoms with E-state index in [1.54, 1.807) is 0 Å². The Morgan fingerprint density at radius 1 is 1.36 bits per heavy atom. The van der Waals surface area contributed by atoms with E-state index in [-0.39, 0.29) is 5.60 Å². The summed E-state index contributed by atoms with van der Waals surface area (Å²) < 4.78 is 5.65. The lowest BCUT2D eigenvalue weighted by atomic mass is 10.1. The van der Waals surface area contributed by atoms with Crippen molar-refractivity contribution in [3.05, 3.63) is 0 Å². The van der Waals surface area contributed by atoms with Crippen LogP contribution in [0.25, 0.3) is 0 Å². The molecular weight excluding hydrogens is 194 g/mol. The summed E-state index contributed by atoms with van der Waals surface area (Å²) >= 11 is 2.07. The predicted molar refractivity (Wildman–Crippen MR) is 64.1 cm³/mol. The molecular formula is C11H23NOS. The molecule has 0 aliphatic carbocycles. The molecule has 1 aliphatic heterocycles. The molecule has 0 spiro atoms. The third-order valence-corrected chi connectivity index (χ3v) is 3.62. The molecule has 84 valence electrons. The van der Waals surface area contributed by atoms with Crippen LogP contribution in [0.3, 0.4) is 0 Å². The quantitative estimate of drug-likeness (QED) is 0.763. The van der Waals surface area contributed by atoms with Gasteiger partial charge in [-0.05, 0) is 45.1 Å². The normalized spacial score (nSPS) is 19.9. The molecule has 0 bridgehead atoms. The van der Waals surface area contributed by atoms with Crippen LogP contribution in [0.2, 0.25) is 0 Å². The van der Waals surface area contributed by atoms with Gasteiger partial charge < -0.3 is 10.1 Å². The summed E-state index contributed by atoms with van der Waals surface area (Å²) in [5.74, 6) is 2.62. The smallest absolute Gasteiger partial charge is 0.0750 e. The number of ether oxygens (including phenoxy) is 1.